The molecule has 1 aromatic rings. The molecule has 1 aliphatic rings. The third-order valence-corrected chi connectivity index (χ3v) is 3.37. The van der Waals surface area contributed by atoms with E-state index in [-0.39, 0.29) is 12.1 Å². The van der Waals surface area contributed by atoms with Gasteiger partial charge in [-0.2, -0.15) is 0 Å². The molecule has 1 aliphatic heterocycles. The lowest BCUT2D eigenvalue weighted by molar-refractivity contribution is -0.133. The van der Waals surface area contributed by atoms with Gasteiger partial charge in [0.05, 0.1) is 40.1 Å². The van der Waals surface area contributed by atoms with E-state index < -0.39 is 0 Å². The van der Waals surface area contributed by atoms with Crippen LogP contribution in [0.5, 0.6) is 11.5 Å². The zero-order chi connectivity index (χ0) is 14.4. The standard InChI is InChI=1S/C15H23NO4/c1-4-16-14(10-20-12-8-19-9-12)13-6-5-11(17-2)7-15(13)18-3/h5-7,12,14,16H,4,8-10H2,1-3H3. The van der Waals surface area contributed by atoms with Crippen molar-refractivity contribution in [2.45, 2.75) is 19.1 Å². The molecule has 1 unspecified atom stereocenters. The molecule has 5 nitrogen and oxygen atoms in total. The Morgan fingerprint density at radius 2 is 2.10 bits per heavy atom. The van der Waals surface area contributed by atoms with Gasteiger partial charge in [0, 0.05) is 11.6 Å². The first-order valence-electron chi connectivity index (χ1n) is 6.93. The Morgan fingerprint density at radius 3 is 2.65 bits per heavy atom. The maximum Gasteiger partial charge on any atom is 0.127 e. The first kappa shape index (κ1) is 15.1. The number of hydrogen-bond donors (Lipinski definition) is 1. The summed E-state index contributed by atoms with van der Waals surface area (Å²) in [5.74, 6) is 1.60. The molecule has 20 heavy (non-hydrogen) atoms. The van der Waals surface area contributed by atoms with Crippen LogP contribution < -0.4 is 14.8 Å². The van der Waals surface area contributed by atoms with Crippen molar-refractivity contribution < 1.29 is 18.9 Å². The number of ether oxygens (including phenoxy) is 4. The summed E-state index contributed by atoms with van der Waals surface area (Å²) in [5.41, 5.74) is 1.08. The quantitative estimate of drug-likeness (QED) is 0.787. The molecule has 1 saturated heterocycles. The van der Waals surface area contributed by atoms with E-state index in [9.17, 15) is 0 Å². The summed E-state index contributed by atoms with van der Waals surface area (Å²) >= 11 is 0. The second kappa shape index (κ2) is 7.47. The summed E-state index contributed by atoms with van der Waals surface area (Å²) in [5, 5.41) is 3.43. The van der Waals surface area contributed by atoms with Gasteiger partial charge in [0.15, 0.2) is 0 Å². The second-order valence-electron chi connectivity index (χ2n) is 4.71. The van der Waals surface area contributed by atoms with Crippen molar-refractivity contribution in [2.75, 3.05) is 40.6 Å². The minimum atomic E-state index is 0.0986. The van der Waals surface area contributed by atoms with E-state index in [1.807, 2.05) is 18.2 Å². The zero-order valence-corrected chi connectivity index (χ0v) is 12.3. The number of hydrogen-bond acceptors (Lipinski definition) is 5. The van der Waals surface area contributed by atoms with Crippen molar-refractivity contribution >= 4 is 0 Å². The molecule has 1 heterocycles. The molecule has 5 heteroatoms. The van der Waals surface area contributed by atoms with Crippen molar-refractivity contribution in [3.05, 3.63) is 23.8 Å². The van der Waals surface area contributed by atoms with Gasteiger partial charge in [-0.3, -0.25) is 0 Å². The predicted octanol–water partition coefficient (Wildman–Crippen LogP) is 1.77. The molecule has 0 saturated carbocycles. The van der Waals surface area contributed by atoms with Gasteiger partial charge in [-0.05, 0) is 18.7 Å². The van der Waals surface area contributed by atoms with Crippen LogP contribution in [-0.4, -0.2) is 46.7 Å². The molecule has 0 aromatic heterocycles. The van der Waals surface area contributed by atoms with Crippen LogP contribution in [-0.2, 0) is 9.47 Å². The molecule has 0 aliphatic carbocycles. The number of likely N-dealkylation sites (N-methyl/N-ethyl adjacent to an activating group) is 1. The van der Waals surface area contributed by atoms with Crippen molar-refractivity contribution in [1.82, 2.24) is 5.32 Å². The summed E-state index contributed by atoms with van der Waals surface area (Å²) in [6, 6.07) is 5.95. The van der Waals surface area contributed by atoms with Crippen LogP contribution in [0.2, 0.25) is 0 Å². The molecule has 1 N–H and O–H groups in total. The smallest absolute Gasteiger partial charge is 0.127 e. The third kappa shape index (κ3) is 3.62. The maximum atomic E-state index is 5.83. The fourth-order valence-electron chi connectivity index (χ4n) is 2.15. The third-order valence-electron chi connectivity index (χ3n) is 3.37. The molecular weight excluding hydrogens is 258 g/mol. The lowest BCUT2D eigenvalue weighted by Gasteiger charge is -2.29. The van der Waals surface area contributed by atoms with Crippen LogP contribution in [0.15, 0.2) is 18.2 Å². The average Bonchev–Trinajstić information content (AvgIpc) is 2.44. The van der Waals surface area contributed by atoms with Crippen LogP contribution in [0.4, 0.5) is 0 Å². The Morgan fingerprint density at radius 1 is 1.30 bits per heavy atom. The highest BCUT2D eigenvalue weighted by Gasteiger charge is 2.22. The number of nitrogens with one attached hydrogen (secondary N) is 1. The molecular formula is C15H23NO4. The fraction of sp³-hybridized carbons (Fsp3) is 0.600. The largest absolute Gasteiger partial charge is 0.497 e. The molecule has 0 radical (unpaired) electrons. The molecule has 112 valence electrons. The van der Waals surface area contributed by atoms with E-state index in [0.717, 1.165) is 23.6 Å². The highest BCUT2D eigenvalue weighted by atomic mass is 16.6. The first-order chi connectivity index (χ1) is 9.78. The van der Waals surface area contributed by atoms with Crippen LogP contribution in [0, 0.1) is 0 Å². The Hall–Kier alpha value is -1.30. The average molecular weight is 281 g/mol. The summed E-state index contributed by atoms with van der Waals surface area (Å²) in [6.45, 7) is 4.93. The number of rotatable bonds is 8. The van der Waals surface area contributed by atoms with E-state index in [4.69, 9.17) is 18.9 Å². The van der Waals surface area contributed by atoms with Gasteiger partial charge in [0.25, 0.3) is 0 Å². The Labute approximate surface area is 120 Å². The Kier molecular flexibility index (Phi) is 5.64. The maximum absolute atomic E-state index is 5.83. The summed E-state index contributed by atoms with van der Waals surface area (Å²) in [4.78, 5) is 0. The molecule has 1 fully saturated rings. The van der Waals surface area contributed by atoms with Crippen molar-refractivity contribution in [3.8, 4) is 11.5 Å². The van der Waals surface area contributed by atoms with Crippen molar-refractivity contribution in [2.24, 2.45) is 0 Å². The molecule has 0 bridgehead atoms. The SMILES string of the molecule is CCNC(COC1COC1)c1ccc(OC)cc1OC. The minimum Gasteiger partial charge on any atom is -0.497 e. The van der Waals surface area contributed by atoms with E-state index in [1.165, 1.54) is 0 Å². The monoisotopic (exact) mass is 281 g/mol. The molecule has 0 amide bonds. The van der Waals surface area contributed by atoms with Crippen LogP contribution in [0.3, 0.4) is 0 Å². The molecule has 1 atom stereocenters. The first-order valence-corrected chi connectivity index (χ1v) is 6.93. The summed E-state index contributed by atoms with van der Waals surface area (Å²) in [6.07, 6.45) is 0.223. The van der Waals surface area contributed by atoms with Gasteiger partial charge in [-0.15, -0.1) is 0 Å². The minimum absolute atomic E-state index is 0.0986. The van der Waals surface area contributed by atoms with Gasteiger partial charge < -0.3 is 24.3 Å². The lowest BCUT2D eigenvalue weighted by atomic mass is 10.1. The lowest BCUT2D eigenvalue weighted by Crippen LogP contribution is -2.38. The number of benzene rings is 1. The van der Waals surface area contributed by atoms with Gasteiger partial charge in [0.1, 0.15) is 17.6 Å². The van der Waals surface area contributed by atoms with Crippen LogP contribution in [0.1, 0.15) is 18.5 Å². The molecule has 1 aromatic carbocycles. The van der Waals surface area contributed by atoms with Crippen molar-refractivity contribution in [3.63, 3.8) is 0 Å². The summed E-state index contributed by atoms with van der Waals surface area (Å²) < 4.78 is 21.6. The molecule has 2 rings (SSSR count). The van der Waals surface area contributed by atoms with E-state index in [2.05, 4.69) is 12.2 Å². The highest BCUT2D eigenvalue weighted by molar-refractivity contribution is 5.42. The highest BCUT2D eigenvalue weighted by Crippen LogP contribution is 2.30. The summed E-state index contributed by atoms with van der Waals surface area (Å²) in [7, 11) is 3.32. The van der Waals surface area contributed by atoms with E-state index in [1.54, 1.807) is 14.2 Å². The fourth-order valence-corrected chi connectivity index (χ4v) is 2.15. The molecule has 0 spiro atoms. The topological polar surface area (TPSA) is 49.0 Å². The van der Waals surface area contributed by atoms with Gasteiger partial charge in [-0.1, -0.05) is 6.92 Å². The predicted molar refractivity (Wildman–Crippen MR) is 76.5 cm³/mol. The normalized spacial score (nSPS) is 16.6. The van der Waals surface area contributed by atoms with Gasteiger partial charge >= 0.3 is 0 Å². The van der Waals surface area contributed by atoms with Crippen molar-refractivity contribution in [1.29, 1.82) is 0 Å². The van der Waals surface area contributed by atoms with Gasteiger partial charge in [-0.25, -0.2) is 0 Å². The Bertz CT molecular complexity index is 420. The Balaban J connectivity index is 2.09. The zero-order valence-electron chi connectivity index (χ0n) is 12.3. The van der Waals surface area contributed by atoms with Crippen LogP contribution in [0.25, 0.3) is 0 Å². The van der Waals surface area contributed by atoms with E-state index >= 15 is 0 Å². The van der Waals surface area contributed by atoms with Crippen LogP contribution >= 0.6 is 0 Å². The van der Waals surface area contributed by atoms with Gasteiger partial charge in [0.2, 0.25) is 0 Å². The number of methoxy groups -OCH3 is 2. The van der Waals surface area contributed by atoms with E-state index in [0.29, 0.717) is 19.8 Å². The second-order valence-corrected chi connectivity index (χ2v) is 4.71.